The number of rotatable bonds is 6. The van der Waals surface area contributed by atoms with Crippen LogP contribution in [0.15, 0.2) is 0 Å². The van der Waals surface area contributed by atoms with E-state index < -0.39 is 0 Å². The van der Waals surface area contributed by atoms with E-state index in [0.717, 1.165) is 6.54 Å². The Bertz CT molecular complexity index is 209. The molecule has 1 rings (SSSR count). The third-order valence-corrected chi connectivity index (χ3v) is 4.40. The first-order chi connectivity index (χ1) is 7.08. The van der Waals surface area contributed by atoms with Crippen LogP contribution < -0.4 is 10.6 Å². The summed E-state index contributed by atoms with van der Waals surface area (Å²) < 4.78 is 0.341. The fourth-order valence-corrected chi connectivity index (χ4v) is 2.56. The lowest BCUT2D eigenvalue weighted by Gasteiger charge is -2.40. The highest BCUT2D eigenvalue weighted by Gasteiger charge is 2.36. The van der Waals surface area contributed by atoms with Crippen molar-refractivity contribution in [1.29, 1.82) is 0 Å². The van der Waals surface area contributed by atoms with Crippen molar-refractivity contribution in [3.8, 4) is 0 Å². The summed E-state index contributed by atoms with van der Waals surface area (Å²) >= 11 is 1.89. The molecule has 0 aliphatic heterocycles. The Labute approximate surface area is 96.8 Å². The first-order valence-corrected chi connectivity index (χ1v) is 6.86. The molecule has 0 heterocycles. The molecule has 0 aromatic carbocycles. The van der Waals surface area contributed by atoms with Crippen LogP contribution in [0.25, 0.3) is 0 Å². The molecule has 15 heavy (non-hydrogen) atoms. The smallest absolute Gasteiger partial charge is 0.234 e. The summed E-state index contributed by atoms with van der Waals surface area (Å²) in [5.74, 6) is 0.115. The van der Waals surface area contributed by atoms with E-state index in [1.807, 2.05) is 25.6 Å². The van der Waals surface area contributed by atoms with Gasteiger partial charge in [0.05, 0.1) is 6.54 Å². The molecule has 1 fully saturated rings. The third-order valence-electron chi connectivity index (χ3n) is 2.98. The molecule has 88 valence electrons. The van der Waals surface area contributed by atoms with Crippen molar-refractivity contribution in [2.75, 3.05) is 19.3 Å². The van der Waals surface area contributed by atoms with Crippen molar-refractivity contribution in [3.05, 3.63) is 0 Å². The van der Waals surface area contributed by atoms with E-state index in [0.29, 0.717) is 17.3 Å². The minimum absolute atomic E-state index is 0.115. The largest absolute Gasteiger partial charge is 0.354 e. The van der Waals surface area contributed by atoms with Gasteiger partial charge in [-0.3, -0.25) is 4.79 Å². The van der Waals surface area contributed by atoms with E-state index in [1.165, 1.54) is 19.3 Å². The Morgan fingerprint density at radius 3 is 2.53 bits per heavy atom. The first kappa shape index (κ1) is 12.8. The normalized spacial score (nSPS) is 18.7. The second kappa shape index (κ2) is 5.75. The molecular weight excluding hydrogens is 208 g/mol. The zero-order chi connectivity index (χ0) is 11.3. The molecule has 1 saturated carbocycles. The lowest BCUT2D eigenvalue weighted by atomic mass is 9.84. The molecule has 4 heteroatoms. The number of carbonyl (C=O) groups is 1. The molecule has 1 aliphatic carbocycles. The van der Waals surface area contributed by atoms with Crippen LogP contribution in [0.3, 0.4) is 0 Å². The Morgan fingerprint density at radius 2 is 2.13 bits per heavy atom. The molecule has 0 bridgehead atoms. The Hall–Kier alpha value is -0.220. The van der Waals surface area contributed by atoms with Crippen molar-refractivity contribution in [1.82, 2.24) is 10.6 Å². The van der Waals surface area contributed by atoms with Gasteiger partial charge in [0, 0.05) is 17.3 Å². The fourth-order valence-electron chi connectivity index (χ4n) is 1.64. The maximum absolute atomic E-state index is 11.5. The van der Waals surface area contributed by atoms with E-state index in [1.54, 1.807) is 0 Å². The molecule has 1 aliphatic rings. The maximum atomic E-state index is 11.5. The molecule has 0 atom stereocenters. The quantitative estimate of drug-likeness (QED) is 0.724. The topological polar surface area (TPSA) is 41.1 Å². The number of nitrogens with one attached hydrogen (secondary N) is 2. The van der Waals surface area contributed by atoms with Gasteiger partial charge in [-0.25, -0.2) is 0 Å². The Kier molecular flexibility index (Phi) is 4.93. The number of hydrogen-bond acceptors (Lipinski definition) is 3. The van der Waals surface area contributed by atoms with Crippen LogP contribution in [0.2, 0.25) is 0 Å². The summed E-state index contributed by atoms with van der Waals surface area (Å²) in [6.07, 6.45) is 5.93. The van der Waals surface area contributed by atoms with Crippen LogP contribution in [0, 0.1) is 0 Å². The number of hydrogen-bond donors (Lipinski definition) is 2. The lowest BCUT2D eigenvalue weighted by molar-refractivity contribution is -0.120. The van der Waals surface area contributed by atoms with Crippen LogP contribution in [0.5, 0.6) is 0 Å². The molecule has 0 saturated heterocycles. The molecule has 1 amide bonds. The highest BCUT2D eigenvalue weighted by Crippen LogP contribution is 2.42. The van der Waals surface area contributed by atoms with Crippen molar-refractivity contribution in [3.63, 3.8) is 0 Å². The summed E-state index contributed by atoms with van der Waals surface area (Å²) in [5.41, 5.74) is 0. The van der Waals surface area contributed by atoms with Crippen LogP contribution >= 0.6 is 11.8 Å². The summed E-state index contributed by atoms with van der Waals surface area (Å²) in [7, 11) is 0. The zero-order valence-corrected chi connectivity index (χ0v) is 10.7. The van der Waals surface area contributed by atoms with Gasteiger partial charge in [0.1, 0.15) is 0 Å². The monoisotopic (exact) mass is 230 g/mol. The summed E-state index contributed by atoms with van der Waals surface area (Å²) in [4.78, 5) is 11.5. The zero-order valence-electron chi connectivity index (χ0n) is 9.93. The van der Waals surface area contributed by atoms with Gasteiger partial charge in [0.15, 0.2) is 0 Å². The Balaban J connectivity index is 2.16. The molecule has 0 aromatic rings. The summed E-state index contributed by atoms with van der Waals surface area (Å²) in [6.45, 7) is 5.35. The molecule has 0 spiro atoms. The number of thioether (sulfide) groups is 1. The van der Waals surface area contributed by atoms with Crippen LogP contribution in [0.4, 0.5) is 0 Å². The van der Waals surface area contributed by atoms with Crippen molar-refractivity contribution >= 4 is 17.7 Å². The Morgan fingerprint density at radius 1 is 1.47 bits per heavy atom. The maximum Gasteiger partial charge on any atom is 0.234 e. The van der Waals surface area contributed by atoms with Gasteiger partial charge in [-0.05, 0) is 19.1 Å². The van der Waals surface area contributed by atoms with E-state index in [2.05, 4.69) is 16.9 Å². The number of amides is 1. The fraction of sp³-hybridized carbons (Fsp3) is 0.909. The molecule has 0 unspecified atom stereocenters. The van der Waals surface area contributed by atoms with Crippen molar-refractivity contribution in [2.24, 2.45) is 0 Å². The summed E-state index contributed by atoms with van der Waals surface area (Å²) in [6, 6.07) is 0.369. The predicted octanol–water partition coefficient (Wildman–Crippen LogP) is 1.39. The van der Waals surface area contributed by atoms with Gasteiger partial charge in [0.2, 0.25) is 5.91 Å². The van der Waals surface area contributed by atoms with Crippen molar-refractivity contribution < 1.29 is 4.79 Å². The summed E-state index contributed by atoms with van der Waals surface area (Å²) in [5, 5.41) is 6.13. The minimum atomic E-state index is 0.115. The van der Waals surface area contributed by atoms with Gasteiger partial charge in [-0.2, -0.15) is 11.8 Å². The van der Waals surface area contributed by atoms with E-state index in [4.69, 9.17) is 0 Å². The number of carbonyl (C=O) groups excluding carboxylic acids is 1. The van der Waals surface area contributed by atoms with Crippen molar-refractivity contribution in [2.45, 2.75) is 43.9 Å². The van der Waals surface area contributed by atoms with Crippen LogP contribution in [-0.4, -0.2) is 36.0 Å². The average molecular weight is 230 g/mol. The highest BCUT2D eigenvalue weighted by atomic mass is 32.2. The first-order valence-electron chi connectivity index (χ1n) is 5.63. The van der Waals surface area contributed by atoms with Gasteiger partial charge in [0.25, 0.3) is 0 Å². The molecule has 3 nitrogen and oxygen atoms in total. The molecule has 0 aromatic heterocycles. The highest BCUT2D eigenvalue weighted by molar-refractivity contribution is 8.00. The minimum Gasteiger partial charge on any atom is -0.354 e. The standard InChI is InChI=1S/C11H22N2OS/c1-9(2)12-7-10(14)13-8-11(15-3)5-4-6-11/h9,12H,4-8H2,1-3H3,(H,13,14). The van der Waals surface area contributed by atoms with E-state index in [-0.39, 0.29) is 5.91 Å². The van der Waals surface area contributed by atoms with E-state index in [9.17, 15) is 4.79 Å². The second-order valence-electron chi connectivity index (χ2n) is 4.55. The van der Waals surface area contributed by atoms with E-state index >= 15 is 0 Å². The van der Waals surface area contributed by atoms with Gasteiger partial charge in [-0.15, -0.1) is 0 Å². The van der Waals surface area contributed by atoms with Crippen LogP contribution in [0.1, 0.15) is 33.1 Å². The van der Waals surface area contributed by atoms with Gasteiger partial charge >= 0.3 is 0 Å². The van der Waals surface area contributed by atoms with Gasteiger partial charge in [-0.1, -0.05) is 20.3 Å². The molecular formula is C11H22N2OS. The molecule has 0 radical (unpaired) electrons. The SMILES string of the molecule is CSC1(CNC(=O)CNC(C)C)CCC1. The van der Waals surface area contributed by atoms with Gasteiger partial charge < -0.3 is 10.6 Å². The molecule has 2 N–H and O–H groups in total. The van der Waals surface area contributed by atoms with Crippen LogP contribution in [-0.2, 0) is 4.79 Å². The lowest BCUT2D eigenvalue weighted by Crippen LogP contribution is -2.47. The second-order valence-corrected chi connectivity index (χ2v) is 5.83. The predicted molar refractivity (Wildman–Crippen MR) is 66.2 cm³/mol. The third kappa shape index (κ3) is 4.03. The average Bonchev–Trinajstić information content (AvgIpc) is 2.14.